The molecule has 2 heterocycles. The first-order chi connectivity index (χ1) is 8.79. The van der Waals surface area contributed by atoms with E-state index in [1.54, 1.807) is 4.90 Å². The average Bonchev–Trinajstić information content (AvgIpc) is 2.79. The Morgan fingerprint density at radius 1 is 1.33 bits per heavy atom. The van der Waals surface area contributed by atoms with Gasteiger partial charge in [-0.15, -0.1) is 11.6 Å². The molecular formula is C13H14ClNO3. The van der Waals surface area contributed by atoms with Crippen molar-refractivity contribution in [3.8, 4) is 11.5 Å². The molecule has 0 N–H and O–H groups in total. The molecule has 96 valence electrons. The molecule has 0 bridgehead atoms. The van der Waals surface area contributed by atoms with Crippen LogP contribution in [0, 0.1) is 5.92 Å². The molecule has 0 radical (unpaired) electrons. The summed E-state index contributed by atoms with van der Waals surface area (Å²) in [6.45, 7) is 1.72. The minimum absolute atomic E-state index is 0.100. The van der Waals surface area contributed by atoms with Gasteiger partial charge in [-0.2, -0.15) is 0 Å². The van der Waals surface area contributed by atoms with E-state index in [-0.39, 0.29) is 11.8 Å². The highest BCUT2D eigenvalue weighted by atomic mass is 35.5. The van der Waals surface area contributed by atoms with Crippen molar-refractivity contribution in [2.75, 3.05) is 30.5 Å². The molecule has 1 saturated heterocycles. The number of carbonyl (C=O) groups is 1. The van der Waals surface area contributed by atoms with E-state index in [2.05, 4.69) is 0 Å². The molecule has 0 saturated carbocycles. The highest BCUT2D eigenvalue weighted by Gasteiger charge is 2.32. The molecule has 1 atom stereocenters. The third kappa shape index (κ3) is 1.90. The number of amides is 1. The molecule has 4 nitrogen and oxygen atoms in total. The Balaban J connectivity index is 1.95. The molecule has 3 rings (SSSR count). The number of alkyl halides is 1. The Hall–Kier alpha value is -1.42. The zero-order valence-electron chi connectivity index (χ0n) is 9.89. The summed E-state index contributed by atoms with van der Waals surface area (Å²) >= 11 is 5.83. The number of anilines is 1. The molecule has 2 aliphatic heterocycles. The molecule has 0 spiro atoms. The number of para-hydroxylation sites is 1. The summed E-state index contributed by atoms with van der Waals surface area (Å²) in [5.41, 5.74) is 0.796. The van der Waals surface area contributed by atoms with Crippen LogP contribution < -0.4 is 14.4 Å². The van der Waals surface area contributed by atoms with Gasteiger partial charge in [0.15, 0.2) is 11.5 Å². The van der Waals surface area contributed by atoms with Crippen LogP contribution in [0.4, 0.5) is 5.69 Å². The van der Waals surface area contributed by atoms with Gasteiger partial charge in [-0.05, 0) is 18.1 Å². The van der Waals surface area contributed by atoms with E-state index >= 15 is 0 Å². The number of fused-ring (bicyclic) bond motifs is 1. The monoisotopic (exact) mass is 267 g/mol. The summed E-state index contributed by atoms with van der Waals surface area (Å²) in [6.07, 6.45) is 0.508. The second kappa shape index (κ2) is 4.69. The Morgan fingerprint density at radius 2 is 2.17 bits per heavy atom. The number of benzene rings is 1. The van der Waals surface area contributed by atoms with Crippen molar-refractivity contribution in [2.24, 2.45) is 5.92 Å². The fourth-order valence-electron chi connectivity index (χ4n) is 2.39. The van der Waals surface area contributed by atoms with Crippen LogP contribution in [-0.4, -0.2) is 31.5 Å². The largest absolute Gasteiger partial charge is 0.486 e. The number of rotatable bonds is 2. The predicted octanol–water partition coefficient (Wildman–Crippen LogP) is 2.05. The fraction of sp³-hybridized carbons (Fsp3) is 0.462. The summed E-state index contributed by atoms with van der Waals surface area (Å²) in [6, 6.07) is 5.63. The van der Waals surface area contributed by atoms with Crippen LogP contribution in [0.1, 0.15) is 6.42 Å². The molecular weight excluding hydrogens is 254 g/mol. The van der Waals surface area contributed by atoms with Gasteiger partial charge in [0.1, 0.15) is 13.2 Å². The van der Waals surface area contributed by atoms with E-state index in [0.29, 0.717) is 43.6 Å². The van der Waals surface area contributed by atoms with Crippen molar-refractivity contribution in [3.63, 3.8) is 0 Å². The third-order valence-corrected chi connectivity index (χ3v) is 3.70. The van der Waals surface area contributed by atoms with Crippen LogP contribution in [0.25, 0.3) is 0 Å². The van der Waals surface area contributed by atoms with Crippen molar-refractivity contribution in [2.45, 2.75) is 6.42 Å². The lowest BCUT2D eigenvalue weighted by molar-refractivity contribution is -0.117. The first-order valence-electron chi connectivity index (χ1n) is 6.04. The van der Waals surface area contributed by atoms with E-state index in [0.717, 1.165) is 5.69 Å². The summed E-state index contributed by atoms with van der Waals surface area (Å²) in [5, 5.41) is 0. The van der Waals surface area contributed by atoms with Crippen LogP contribution in [-0.2, 0) is 4.79 Å². The minimum Gasteiger partial charge on any atom is -0.486 e. The molecule has 1 unspecified atom stereocenters. The molecule has 0 aliphatic carbocycles. The summed E-state index contributed by atoms with van der Waals surface area (Å²) < 4.78 is 11.2. The van der Waals surface area contributed by atoms with Crippen LogP contribution in [0.3, 0.4) is 0 Å². The molecule has 1 aromatic carbocycles. The maximum Gasteiger partial charge on any atom is 0.227 e. The van der Waals surface area contributed by atoms with Crippen molar-refractivity contribution in [1.82, 2.24) is 0 Å². The Morgan fingerprint density at radius 3 is 2.94 bits per heavy atom. The van der Waals surface area contributed by atoms with E-state index in [1.165, 1.54) is 0 Å². The standard InChI is InChI=1S/C13H14ClNO3/c14-7-9-6-12(16)15(8-9)10-2-1-3-11-13(10)18-5-4-17-11/h1-3,9H,4-8H2. The lowest BCUT2D eigenvalue weighted by Gasteiger charge is -2.25. The van der Waals surface area contributed by atoms with Crippen LogP contribution >= 0.6 is 11.6 Å². The normalized spacial score (nSPS) is 22.4. The molecule has 1 amide bonds. The highest BCUT2D eigenvalue weighted by molar-refractivity contribution is 6.18. The fourth-order valence-corrected chi connectivity index (χ4v) is 2.60. The Bertz CT molecular complexity index is 477. The van der Waals surface area contributed by atoms with Crippen molar-refractivity contribution >= 4 is 23.2 Å². The second-order valence-corrected chi connectivity index (χ2v) is 4.84. The topological polar surface area (TPSA) is 38.8 Å². The highest BCUT2D eigenvalue weighted by Crippen LogP contribution is 2.41. The van der Waals surface area contributed by atoms with Crippen molar-refractivity contribution < 1.29 is 14.3 Å². The quantitative estimate of drug-likeness (QED) is 0.770. The van der Waals surface area contributed by atoms with Crippen LogP contribution in [0.2, 0.25) is 0 Å². The van der Waals surface area contributed by atoms with Gasteiger partial charge in [-0.3, -0.25) is 4.79 Å². The number of carbonyl (C=O) groups excluding carboxylic acids is 1. The van der Waals surface area contributed by atoms with E-state index in [9.17, 15) is 4.79 Å². The lowest BCUT2D eigenvalue weighted by atomic mass is 10.1. The van der Waals surface area contributed by atoms with Gasteiger partial charge in [0.25, 0.3) is 0 Å². The Labute approximate surface area is 110 Å². The summed E-state index contributed by atoms with van der Waals surface area (Å²) in [4.78, 5) is 13.8. The molecule has 5 heteroatoms. The van der Waals surface area contributed by atoms with Gasteiger partial charge in [0.05, 0.1) is 5.69 Å². The summed E-state index contributed by atoms with van der Waals surface area (Å²) in [5.74, 6) is 2.21. The zero-order chi connectivity index (χ0) is 12.5. The van der Waals surface area contributed by atoms with E-state index < -0.39 is 0 Å². The maximum absolute atomic E-state index is 12.0. The van der Waals surface area contributed by atoms with E-state index in [1.807, 2.05) is 18.2 Å². The smallest absolute Gasteiger partial charge is 0.227 e. The molecule has 0 aromatic heterocycles. The number of hydrogen-bond acceptors (Lipinski definition) is 3. The van der Waals surface area contributed by atoms with Crippen molar-refractivity contribution in [1.29, 1.82) is 0 Å². The number of nitrogens with zero attached hydrogens (tertiary/aromatic N) is 1. The third-order valence-electron chi connectivity index (χ3n) is 3.26. The van der Waals surface area contributed by atoms with Gasteiger partial charge in [-0.1, -0.05) is 6.07 Å². The first kappa shape index (κ1) is 11.7. The number of hydrogen-bond donors (Lipinski definition) is 0. The molecule has 1 fully saturated rings. The SMILES string of the molecule is O=C1CC(CCl)CN1c1cccc2c1OCCO2. The Kier molecular flexibility index (Phi) is 3.04. The van der Waals surface area contributed by atoms with Gasteiger partial charge in [0.2, 0.25) is 5.91 Å². The summed E-state index contributed by atoms with van der Waals surface area (Å²) in [7, 11) is 0. The maximum atomic E-state index is 12.0. The first-order valence-corrected chi connectivity index (χ1v) is 6.58. The number of ether oxygens (including phenoxy) is 2. The zero-order valence-corrected chi connectivity index (χ0v) is 10.7. The van der Waals surface area contributed by atoms with Gasteiger partial charge in [0, 0.05) is 18.8 Å². The molecule has 18 heavy (non-hydrogen) atoms. The second-order valence-electron chi connectivity index (χ2n) is 4.53. The van der Waals surface area contributed by atoms with Crippen LogP contribution in [0.5, 0.6) is 11.5 Å². The van der Waals surface area contributed by atoms with Crippen LogP contribution in [0.15, 0.2) is 18.2 Å². The van der Waals surface area contributed by atoms with Gasteiger partial charge >= 0.3 is 0 Å². The predicted molar refractivity (Wildman–Crippen MR) is 68.6 cm³/mol. The van der Waals surface area contributed by atoms with Gasteiger partial charge in [-0.25, -0.2) is 0 Å². The number of halogens is 1. The average molecular weight is 268 g/mol. The van der Waals surface area contributed by atoms with Crippen molar-refractivity contribution in [3.05, 3.63) is 18.2 Å². The molecule has 2 aliphatic rings. The lowest BCUT2D eigenvalue weighted by Crippen LogP contribution is -2.27. The minimum atomic E-state index is 0.100. The van der Waals surface area contributed by atoms with E-state index in [4.69, 9.17) is 21.1 Å². The molecule has 1 aromatic rings. The van der Waals surface area contributed by atoms with Gasteiger partial charge < -0.3 is 14.4 Å².